The van der Waals surface area contributed by atoms with E-state index in [-0.39, 0.29) is 0 Å². The van der Waals surface area contributed by atoms with Crippen molar-refractivity contribution in [2.75, 3.05) is 0 Å². The Morgan fingerprint density at radius 2 is 2.00 bits per heavy atom. The topological polar surface area (TPSA) is 28.7 Å². The maximum Gasteiger partial charge on any atom is 0.379 e. The van der Waals surface area contributed by atoms with Gasteiger partial charge in [0.15, 0.2) is 5.82 Å². The number of benzene rings is 1. The zero-order chi connectivity index (χ0) is 9.47. The van der Waals surface area contributed by atoms with Crippen molar-refractivity contribution in [1.82, 2.24) is 9.97 Å². The normalized spacial score (nSPS) is 12.2. The van der Waals surface area contributed by atoms with Crippen LogP contribution in [0.2, 0.25) is 0 Å². The Morgan fingerprint density at radius 1 is 1.31 bits per heavy atom. The van der Waals surface area contributed by atoms with E-state index in [4.69, 9.17) is 11.6 Å². The molecule has 2 aromatic rings. The molecule has 1 heterocycles. The summed E-state index contributed by atoms with van der Waals surface area (Å²) in [6, 6.07) is 6.75. The lowest BCUT2D eigenvalue weighted by Gasteiger charge is -2.00. The number of hydrogen-bond acceptors (Lipinski definition) is 1. The Balaban J connectivity index is 2.63. The molecule has 0 atom stereocenters. The van der Waals surface area contributed by atoms with E-state index in [1.807, 2.05) is 0 Å². The molecule has 0 saturated carbocycles. The standard InChI is InChI=1S/C8H5ClF2N2/c9-8(10,11)7-12-5-3-1-2-4-6(5)13-7/h1-4H,(H,12,13). The van der Waals surface area contributed by atoms with Gasteiger partial charge in [0.2, 0.25) is 0 Å². The Hall–Kier alpha value is -1.16. The van der Waals surface area contributed by atoms with Gasteiger partial charge in [0.05, 0.1) is 11.0 Å². The lowest BCUT2D eigenvalue weighted by Crippen LogP contribution is -2.05. The fraction of sp³-hybridized carbons (Fsp3) is 0.125. The van der Waals surface area contributed by atoms with Crippen LogP contribution in [0.4, 0.5) is 8.78 Å². The number of rotatable bonds is 1. The van der Waals surface area contributed by atoms with Crippen molar-refractivity contribution < 1.29 is 8.78 Å². The Labute approximate surface area is 77.5 Å². The van der Waals surface area contributed by atoms with Gasteiger partial charge in [-0.1, -0.05) is 12.1 Å². The van der Waals surface area contributed by atoms with Crippen molar-refractivity contribution >= 4 is 22.6 Å². The summed E-state index contributed by atoms with van der Waals surface area (Å²) in [6.07, 6.45) is 0. The van der Waals surface area contributed by atoms with Gasteiger partial charge in [0.1, 0.15) is 0 Å². The molecule has 0 bridgehead atoms. The van der Waals surface area contributed by atoms with Crippen LogP contribution in [0.5, 0.6) is 0 Å². The number of halogens is 3. The second kappa shape index (κ2) is 2.67. The van der Waals surface area contributed by atoms with Crippen molar-refractivity contribution in [3.8, 4) is 0 Å². The number of hydrogen-bond donors (Lipinski definition) is 1. The fourth-order valence-corrected chi connectivity index (χ4v) is 1.18. The number of H-pyrrole nitrogens is 1. The maximum absolute atomic E-state index is 12.6. The largest absolute Gasteiger partial charge is 0.379 e. The van der Waals surface area contributed by atoms with Crippen molar-refractivity contribution in [3.05, 3.63) is 30.1 Å². The Kier molecular flexibility index (Phi) is 1.73. The van der Waals surface area contributed by atoms with Crippen LogP contribution >= 0.6 is 11.6 Å². The van der Waals surface area contributed by atoms with Gasteiger partial charge in [-0.2, -0.15) is 8.78 Å². The minimum absolute atomic E-state index is 0.484. The van der Waals surface area contributed by atoms with Gasteiger partial charge in [-0.25, -0.2) is 4.98 Å². The van der Waals surface area contributed by atoms with Crippen LogP contribution in [0.15, 0.2) is 24.3 Å². The lowest BCUT2D eigenvalue weighted by atomic mass is 10.3. The van der Waals surface area contributed by atoms with Gasteiger partial charge in [0, 0.05) is 0 Å². The van der Waals surface area contributed by atoms with Crippen molar-refractivity contribution in [2.45, 2.75) is 5.38 Å². The number of para-hydroxylation sites is 2. The summed E-state index contributed by atoms with van der Waals surface area (Å²) in [4.78, 5) is 6.09. The molecular weight excluding hydrogens is 198 g/mol. The highest BCUT2D eigenvalue weighted by molar-refractivity contribution is 6.21. The molecule has 0 unspecified atom stereocenters. The summed E-state index contributed by atoms with van der Waals surface area (Å²) in [5.74, 6) is -0.518. The zero-order valence-corrected chi connectivity index (χ0v) is 7.15. The molecule has 0 aliphatic carbocycles. The first-order chi connectivity index (χ1) is 6.07. The summed E-state index contributed by atoms with van der Waals surface area (Å²) >= 11 is 4.80. The number of aromatic amines is 1. The summed E-state index contributed by atoms with van der Waals surface area (Å²) in [7, 11) is 0. The summed E-state index contributed by atoms with van der Waals surface area (Å²) in [5.41, 5.74) is 1.04. The quantitative estimate of drug-likeness (QED) is 0.708. The highest BCUT2D eigenvalue weighted by Gasteiger charge is 2.31. The predicted octanol–water partition coefficient (Wildman–Crippen LogP) is 2.85. The average molecular weight is 203 g/mol. The lowest BCUT2D eigenvalue weighted by molar-refractivity contribution is 0.0858. The predicted molar refractivity (Wildman–Crippen MR) is 45.8 cm³/mol. The third-order valence-corrected chi connectivity index (χ3v) is 1.84. The fourth-order valence-electron chi connectivity index (χ4n) is 1.09. The number of fused-ring (bicyclic) bond motifs is 1. The highest BCUT2D eigenvalue weighted by Crippen LogP contribution is 2.31. The second-order valence-electron chi connectivity index (χ2n) is 2.60. The SMILES string of the molecule is FC(F)(Cl)c1nc2ccccc2[nH]1. The molecule has 0 amide bonds. The van der Waals surface area contributed by atoms with Gasteiger partial charge in [-0.3, -0.25) is 0 Å². The van der Waals surface area contributed by atoms with Gasteiger partial charge in [-0.15, -0.1) is 0 Å². The molecule has 0 aliphatic heterocycles. The molecule has 5 heteroatoms. The van der Waals surface area contributed by atoms with Gasteiger partial charge >= 0.3 is 5.38 Å². The molecule has 0 radical (unpaired) electrons. The molecule has 0 fully saturated rings. The molecule has 0 saturated heterocycles. The average Bonchev–Trinajstić information content (AvgIpc) is 2.45. The monoisotopic (exact) mass is 202 g/mol. The molecule has 0 aliphatic rings. The van der Waals surface area contributed by atoms with E-state index in [0.29, 0.717) is 11.0 Å². The van der Waals surface area contributed by atoms with Crippen LogP contribution in [0.3, 0.4) is 0 Å². The van der Waals surface area contributed by atoms with Crippen molar-refractivity contribution in [2.24, 2.45) is 0 Å². The van der Waals surface area contributed by atoms with E-state index in [1.54, 1.807) is 24.3 Å². The highest BCUT2D eigenvalue weighted by atomic mass is 35.5. The van der Waals surface area contributed by atoms with Gasteiger partial charge in [-0.05, 0) is 23.7 Å². The third-order valence-electron chi connectivity index (χ3n) is 1.66. The van der Waals surface area contributed by atoms with Crippen LogP contribution in [0.1, 0.15) is 5.82 Å². The van der Waals surface area contributed by atoms with E-state index < -0.39 is 11.2 Å². The van der Waals surface area contributed by atoms with Crippen LogP contribution < -0.4 is 0 Å². The van der Waals surface area contributed by atoms with Crippen LogP contribution in [-0.4, -0.2) is 9.97 Å². The van der Waals surface area contributed by atoms with E-state index in [1.165, 1.54) is 0 Å². The summed E-state index contributed by atoms with van der Waals surface area (Å²) < 4.78 is 25.1. The first kappa shape index (κ1) is 8.44. The van der Waals surface area contributed by atoms with E-state index >= 15 is 0 Å². The van der Waals surface area contributed by atoms with Crippen LogP contribution in [-0.2, 0) is 5.38 Å². The second-order valence-corrected chi connectivity index (χ2v) is 3.08. The molecule has 1 aromatic carbocycles. The molecule has 13 heavy (non-hydrogen) atoms. The minimum atomic E-state index is -3.43. The zero-order valence-electron chi connectivity index (χ0n) is 6.39. The molecule has 2 rings (SSSR count). The van der Waals surface area contributed by atoms with Gasteiger partial charge in [0.25, 0.3) is 0 Å². The van der Waals surface area contributed by atoms with Crippen LogP contribution in [0.25, 0.3) is 11.0 Å². The van der Waals surface area contributed by atoms with E-state index in [2.05, 4.69) is 9.97 Å². The summed E-state index contributed by atoms with van der Waals surface area (Å²) in [6.45, 7) is 0. The molecule has 1 N–H and O–H groups in total. The molecular formula is C8H5ClF2N2. The van der Waals surface area contributed by atoms with E-state index in [9.17, 15) is 8.78 Å². The molecule has 2 nitrogen and oxygen atoms in total. The minimum Gasteiger partial charge on any atom is -0.336 e. The first-order valence-electron chi connectivity index (χ1n) is 3.59. The van der Waals surface area contributed by atoms with Gasteiger partial charge < -0.3 is 4.98 Å². The maximum atomic E-state index is 12.6. The van der Waals surface area contributed by atoms with Crippen molar-refractivity contribution in [3.63, 3.8) is 0 Å². The van der Waals surface area contributed by atoms with Crippen molar-refractivity contribution in [1.29, 1.82) is 0 Å². The number of imidazole rings is 1. The summed E-state index contributed by atoms with van der Waals surface area (Å²) in [5, 5.41) is -3.43. The number of alkyl halides is 3. The first-order valence-corrected chi connectivity index (χ1v) is 3.97. The Morgan fingerprint density at radius 3 is 2.62 bits per heavy atom. The molecule has 1 aromatic heterocycles. The third kappa shape index (κ3) is 1.49. The van der Waals surface area contributed by atoms with Crippen LogP contribution in [0, 0.1) is 0 Å². The number of aromatic nitrogens is 2. The molecule has 0 spiro atoms. The van der Waals surface area contributed by atoms with E-state index in [0.717, 1.165) is 0 Å². The number of nitrogens with one attached hydrogen (secondary N) is 1. The Bertz CT molecular complexity index is 400. The smallest absolute Gasteiger partial charge is 0.336 e. The molecule has 68 valence electrons. The number of nitrogens with zero attached hydrogens (tertiary/aromatic N) is 1.